The molecule has 110 valence electrons. The molecule has 7 heteroatoms. The number of aliphatic hydroxyl groups is 1. The van der Waals surface area contributed by atoms with Gasteiger partial charge in [0.2, 0.25) is 10.0 Å². The van der Waals surface area contributed by atoms with E-state index in [2.05, 4.69) is 16.6 Å². The van der Waals surface area contributed by atoms with E-state index in [9.17, 15) is 12.6 Å². The van der Waals surface area contributed by atoms with Crippen molar-refractivity contribution in [3.63, 3.8) is 0 Å². The molecular weight excluding hydrogens is 298 g/mol. The lowest BCUT2D eigenvalue weighted by molar-refractivity contribution is 0.350. The van der Waals surface area contributed by atoms with Crippen LogP contribution in [0.1, 0.15) is 12.0 Å². The molecule has 0 aliphatic heterocycles. The van der Waals surface area contributed by atoms with Crippen molar-refractivity contribution in [2.75, 3.05) is 25.2 Å². The Bertz CT molecular complexity index is 629. The Morgan fingerprint density at radius 2 is 2.05 bits per heavy atom. The Morgan fingerprint density at radius 1 is 1.35 bits per heavy atom. The molecule has 2 N–H and O–H groups in total. The number of sulfonamides is 1. The van der Waals surface area contributed by atoms with Crippen LogP contribution in [-0.4, -0.2) is 42.9 Å². The summed E-state index contributed by atoms with van der Waals surface area (Å²) >= 11 is 0. The summed E-state index contributed by atoms with van der Waals surface area (Å²) in [5.74, 6) is 5.50. The molecule has 20 heavy (non-hydrogen) atoms. The van der Waals surface area contributed by atoms with Crippen LogP contribution in [0.2, 0.25) is 0 Å². The lowest BCUT2D eigenvalue weighted by Crippen LogP contribution is -2.26. The van der Waals surface area contributed by atoms with Gasteiger partial charge in [0, 0.05) is 34.9 Å². The van der Waals surface area contributed by atoms with Gasteiger partial charge in [-0.25, -0.2) is 13.1 Å². The number of hydrogen-bond acceptors (Lipinski definition) is 4. The number of hydrogen-bond donors (Lipinski definition) is 2. The van der Waals surface area contributed by atoms with Crippen molar-refractivity contribution in [2.24, 2.45) is 0 Å². The topological polar surface area (TPSA) is 83.5 Å². The van der Waals surface area contributed by atoms with Crippen LogP contribution in [0.4, 0.5) is 0 Å². The monoisotopic (exact) mass is 315 g/mol. The number of aliphatic hydroxyl groups excluding tert-OH is 1. The van der Waals surface area contributed by atoms with Gasteiger partial charge in [-0.2, -0.15) is 0 Å². The Labute approximate surface area is 121 Å². The lowest BCUT2D eigenvalue weighted by Gasteiger charge is -2.08. The van der Waals surface area contributed by atoms with Crippen molar-refractivity contribution in [3.8, 4) is 11.8 Å². The summed E-state index contributed by atoms with van der Waals surface area (Å²) in [7, 11) is -4.58. The molecule has 0 saturated heterocycles. The summed E-state index contributed by atoms with van der Waals surface area (Å²) < 4.78 is 37.6. The third-order valence-electron chi connectivity index (χ3n) is 2.38. The van der Waals surface area contributed by atoms with Crippen LogP contribution in [0.5, 0.6) is 0 Å². The van der Waals surface area contributed by atoms with Crippen molar-refractivity contribution in [2.45, 2.75) is 11.3 Å². The predicted octanol–water partition coefficient (Wildman–Crippen LogP) is 0.0773. The van der Waals surface area contributed by atoms with E-state index in [0.717, 1.165) is 0 Å². The first-order valence-electron chi connectivity index (χ1n) is 5.96. The predicted molar refractivity (Wildman–Crippen MR) is 79.1 cm³/mol. The first-order chi connectivity index (χ1) is 9.47. The summed E-state index contributed by atoms with van der Waals surface area (Å²) in [5, 5.41) is 8.68. The second-order valence-electron chi connectivity index (χ2n) is 3.98. The zero-order valence-corrected chi connectivity index (χ0v) is 12.8. The molecular formula is C13H17NO4S2. The molecule has 0 heterocycles. The summed E-state index contributed by atoms with van der Waals surface area (Å²) in [5.41, 5.74) is 0.341. The van der Waals surface area contributed by atoms with Gasteiger partial charge in [0.05, 0.1) is 4.90 Å². The van der Waals surface area contributed by atoms with Gasteiger partial charge in [-0.3, -0.25) is 4.21 Å². The zero-order chi connectivity index (χ0) is 15.0. The molecule has 1 rings (SSSR count). The Balaban J connectivity index is 2.84. The molecule has 1 aromatic rings. The third-order valence-corrected chi connectivity index (χ3v) is 4.76. The molecule has 0 amide bonds. The standard InChI is InChI=1S/C13H17NO4S2/c1-19(16)11-5-9-14-20(17,18)13-8-3-2-6-12(13)7-4-10-15/h2-3,6,8,14-15H,5,9-11H2,1H3. The van der Waals surface area contributed by atoms with Crippen molar-refractivity contribution >= 4 is 20.8 Å². The van der Waals surface area contributed by atoms with Crippen molar-refractivity contribution in [3.05, 3.63) is 29.8 Å². The van der Waals surface area contributed by atoms with Gasteiger partial charge in [-0.15, -0.1) is 0 Å². The fourth-order valence-corrected chi connectivity index (χ4v) is 3.28. The average molecular weight is 315 g/mol. The molecule has 0 bridgehead atoms. The minimum Gasteiger partial charge on any atom is -0.384 e. The van der Waals surface area contributed by atoms with Gasteiger partial charge < -0.3 is 5.11 Å². The minimum absolute atomic E-state index is 0.0820. The van der Waals surface area contributed by atoms with Gasteiger partial charge in [-0.1, -0.05) is 24.0 Å². The largest absolute Gasteiger partial charge is 0.384 e. The van der Waals surface area contributed by atoms with Crippen molar-refractivity contribution < 1.29 is 17.7 Å². The van der Waals surface area contributed by atoms with E-state index >= 15 is 0 Å². The summed E-state index contributed by atoms with van der Waals surface area (Å²) in [6.07, 6.45) is 2.08. The van der Waals surface area contributed by atoms with Crippen molar-refractivity contribution in [1.29, 1.82) is 0 Å². The molecule has 1 unspecified atom stereocenters. The first kappa shape index (κ1) is 16.9. The van der Waals surface area contributed by atoms with Crippen LogP contribution < -0.4 is 4.72 Å². The number of nitrogens with one attached hydrogen (secondary N) is 1. The van der Waals surface area contributed by atoms with Gasteiger partial charge >= 0.3 is 0 Å². The van der Waals surface area contributed by atoms with Crippen LogP contribution in [0, 0.1) is 11.8 Å². The van der Waals surface area contributed by atoms with Gasteiger partial charge in [-0.05, 0) is 18.6 Å². The fourth-order valence-electron chi connectivity index (χ4n) is 1.50. The van der Waals surface area contributed by atoms with E-state index in [1.165, 1.54) is 6.07 Å². The van der Waals surface area contributed by atoms with E-state index in [4.69, 9.17) is 5.11 Å². The molecule has 0 spiro atoms. The molecule has 0 fully saturated rings. The third kappa shape index (κ3) is 5.43. The van der Waals surface area contributed by atoms with Crippen LogP contribution in [0.3, 0.4) is 0 Å². The van der Waals surface area contributed by atoms with Crippen LogP contribution in [-0.2, 0) is 20.8 Å². The molecule has 0 saturated carbocycles. The molecule has 0 radical (unpaired) electrons. The SMILES string of the molecule is CS(=O)CCCNS(=O)(=O)c1ccccc1C#CCO. The van der Waals surface area contributed by atoms with Crippen LogP contribution in [0.25, 0.3) is 0 Å². The molecule has 5 nitrogen and oxygen atoms in total. The molecule has 0 aliphatic carbocycles. The van der Waals surface area contributed by atoms with Gasteiger partial charge in [0.15, 0.2) is 0 Å². The average Bonchev–Trinajstić information content (AvgIpc) is 2.41. The van der Waals surface area contributed by atoms with Gasteiger partial charge in [0.1, 0.15) is 6.61 Å². The maximum absolute atomic E-state index is 12.1. The Kier molecular flexibility index (Phi) is 6.88. The lowest BCUT2D eigenvalue weighted by atomic mass is 10.2. The maximum atomic E-state index is 12.1. The highest BCUT2D eigenvalue weighted by Crippen LogP contribution is 2.14. The second-order valence-corrected chi connectivity index (χ2v) is 7.27. The number of benzene rings is 1. The molecule has 0 aromatic heterocycles. The molecule has 0 aliphatic rings. The normalized spacial score (nSPS) is 12.5. The van der Waals surface area contributed by atoms with Gasteiger partial charge in [0.25, 0.3) is 0 Å². The molecule has 1 atom stereocenters. The number of rotatable bonds is 6. The molecule has 1 aromatic carbocycles. The first-order valence-corrected chi connectivity index (χ1v) is 9.17. The minimum atomic E-state index is -3.65. The quantitative estimate of drug-likeness (QED) is 0.575. The van der Waals surface area contributed by atoms with E-state index in [0.29, 0.717) is 17.7 Å². The van der Waals surface area contributed by atoms with E-state index < -0.39 is 20.8 Å². The summed E-state index contributed by atoms with van der Waals surface area (Å²) in [6.45, 7) is -0.103. The Morgan fingerprint density at radius 3 is 2.70 bits per heavy atom. The maximum Gasteiger partial charge on any atom is 0.241 e. The van der Waals surface area contributed by atoms with Crippen LogP contribution >= 0.6 is 0 Å². The second kappa shape index (κ2) is 8.17. The zero-order valence-electron chi connectivity index (χ0n) is 11.1. The fraction of sp³-hybridized carbons (Fsp3) is 0.385. The summed E-state index contributed by atoms with van der Waals surface area (Å²) in [4.78, 5) is 0.0820. The smallest absolute Gasteiger partial charge is 0.241 e. The highest BCUT2D eigenvalue weighted by Gasteiger charge is 2.16. The van der Waals surface area contributed by atoms with E-state index in [1.807, 2.05) is 0 Å². The van der Waals surface area contributed by atoms with E-state index in [-0.39, 0.29) is 18.0 Å². The van der Waals surface area contributed by atoms with E-state index in [1.54, 1.807) is 24.5 Å². The highest BCUT2D eigenvalue weighted by atomic mass is 32.2. The highest BCUT2D eigenvalue weighted by molar-refractivity contribution is 7.89. The van der Waals surface area contributed by atoms with Crippen LogP contribution in [0.15, 0.2) is 29.2 Å². The Hall–Kier alpha value is -1.20. The van der Waals surface area contributed by atoms with Crippen molar-refractivity contribution in [1.82, 2.24) is 4.72 Å². The summed E-state index contributed by atoms with van der Waals surface area (Å²) in [6, 6.07) is 6.33.